The maximum atomic E-state index is 14.1. The Hall–Kier alpha value is -3.99. The van der Waals surface area contributed by atoms with Crippen LogP contribution in [0, 0.1) is 5.82 Å². The lowest BCUT2D eigenvalue weighted by Gasteiger charge is -2.27. The molecule has 1 fully saturated rings. The summed E-state index contributed by atoms with van der Waals surface area (Å²) in [6.45, 7) is 6.06. The molecule has 7 nitrogen and oxygen atoms in total. The number of allylic oxidation sites excluding steroid dienone is 2. The highest BCUT2D eigenvalue weighted by atomic mass is 19.4. The van der Waals surface area contributed by atoms with Gasteiger partial charge in [0.2, 0.25) is 5.95 Å². The Labute approximate surface area is 199 Å². The maximum absolute atomic E-state index is 14.1. The molecule has 4 rings (SSSR count). The minimum Gasteiger partial charge on any atom is -0.378 e. The van der Waals surface area contributed by atoms with Gasteiger partial charge in [-0.3, -0.25) is 4.98 Å². The Kier molecular flexibility index (Phi) is 7.25. The summed E-state index contributed by atoms with van der Waals surface area (Å²) in [6.07, 6.45) is 1.42. The van der Waals surface area contributed by atoms with Gasteiger partial charge in [0.05, 0.1) is 42.6 Å². The third kappa shape index (κ3) is 6.33. The van der Waals surface area contributed by atoms with Crippen molar-refractivity contribution in [2.45, 2.75) is 6.18 Å². The normalized spacial score (nSPS) is 14.2. The second-order valence-corrected chi connectivity index (χ2v) is 7.60. The van der Waals surface area contributed by atoms with Crippen LogP contribution in [-0.4, -0.2) is 41.3 Å². The Morgan fingerprint density at radius 3 is 2.57 bits per heavy atom. The lowest BCUT2D eigenvalue weighted by atomic mass is 10.1. The van der Waals surface area contributed by atoms with Crippen LogP contribution < -0.4 is 15.5 Å². The van der Waals surface area contributed by atoms with Crippen LogP contribution in [0.4, 0.5) is 40.7 Å². The molecule has 1 aliphatic rings. The van der Waals surface area contributed by atoms with Crippen molar-refractivity contribution < 1.29 is 22.3 Å². The summed E-state index contributed by atoms with van der Waals surface area (Å²) in [5.74, 6) is -0.0667. The molecule has 3 aromatic rings. The lowest BCUT2D eigenvalue weighted by Crippen LogP contribution is -2.37. The molecule has 0 atom stereocenters. The van der Waals surface area contributed by atoms with Gasteiger partial charge in [0.25, 0.3) is 0 Å². The number of nitrogens with one attached hydrogen (secondary N) is 2. The number of rotatable bonds is 7. The van der Waals surface area contributed by atoms with Crippen molar-refractivity contribution in [3.8, 4) is 0 Å². The van der Waals surface area contributed by atoms with E-state index >= 15 is 0 Å². The summed E-state index contributed by atoms with van der Waals surface area (Å²) >= 11 is 0. The van der Waals surface area contributed by atoms with Crippen molar-refractivity contribution in [1.82, 2.24) is 15.0 Å². The van der Waals surface area contributed by atoms with Gasteiger partial charge in [0, 0.05) is 25.0 Å². The molecule has 1 aliphatic heterocycles. The van der Waals surface area contributed by atoms with Gasteiger partial charge < -0.3 is 20.3 Å². The van der Waals surface area contributed by atoms with Gasteiger partial charge in [-0.15, -0.1) is 0 Å². The van der Waals surface area contributed by atoms with Crippen LogP contribution in [0.25, 0.3) is 5.57 Å². The molecule has 0 spiro atoms. The summed E-state index contributed by atoms with van der Waals surface area (Å²) in [5.41, 5.74) is 1.22. The van der Waals surface area contributed by atoms with E-state index in [0.717, 1.165) is 18.3 Å². The largest absolute Gasteiger partial charge is 0.416 e. The lowest BCUT2D eigenvalue weighted by molar-refractivity contribution is -0.137. The molecule has 35 heavy (non-hydrogen) atoms. The van der Waals surface area contributed by atoms with Crippen LogP contribution in [-0.2, 0) is 10.9 Å². The highest BCUT2D eigenvalue weighted by molar-refractivity contribution is 5.71. The minimum atomic E-state index is -4.42. The first-order chi connectivity index (χ1) is 16.8. The van der Waals surface area contributed by atoms with Crippen molar-refractivity contribution >= 4 is 28.7 Å². The molecule has 3 heterocycles. The van der Waals surface area contributed by atoms with E-state index in [2.05, 4.69) is 32.2 Å². The first kappa shape index (κ1) is 24.1. The number of halogens is 4. The molecule has 0 amide bonds. The molecule has 2 N–H and O–H groups in total. The fourth-order valence-electron chi connectivity index (χ4n) is 3.32. The number of pyridine rings is 1. The van der Waals surface area contributed by atoms with E-state index in [-0.39, 0.29) is 11.8 Å². The van der Waals surface area contributed by atoms with Crippen LogP contribution in [0.3, 0.4) is 0 Å². The van der Waals surface area contributed by atoms with Gasteiger partial charge in [0.15, 0.2) is 11.6 Å². The van der Waals surface area contributed by atoms with Crippen molar-refractivity contribution in [1.29, 1.82) is 0 Å². The van der Waals surface area contributed by atoms with Crippen molar-refractivity contribution in [2.24, 2.45) is 0 Å². The van der Waals surface area contributed by atoms with E-state index in [1.807, 2.05) is 0 Å². The van der Waals surface area contributed by atoms with Crippen molar-refractivity contribution in [3.05, 3.63) is 84.7 Å². The van der Waals surface area contributed by atoms with Gasteiger partial charge in [-0.1, -0.05) is 12.6 Å². The Morgan fingerprint density at radius 1 is 1.06 bits per heavy atom. The van der Waals surface area contributed by atoms with E-state index in [1.165, 1.54) is 12.3 Å². The average Bonchev–Trinajstić information content (AvgIpc) is 2.85. The van der Waals surface area contributed by atoms with Crippen LogP contribution in [0.1, 0.15) is 11.3 Å². The summed E-state index contributed by atoms with van der Waals surface area (Å²) in [6, 6.07) is 8.29. The first-order valence-corrected chi connectivity index (χ1v) is 10.7. The molecule has 0 saturated carbocycles. The molecule has 0 radical (unpaired) electrons. The fraction of sp³-hybridized carbons (Fsp3) is 0.208. The van der Waals surface area contributed by atoms with Crippen LogP contribution >= 0.6 is 0 Å². The van der Waals surface area contributed by atoms with E-state index in [0.29, 0.717) is 48.9 Å². The number of nitrogens with zero attached hydrogens (tertiary/aromatic N) is 4. The highest BCUT2D eigenvalue weighted by Gasteiger charge is 2.30. The summed E-state index contributed by atoms with van der Waals surface area (Å²) in [4.78, 5) is 14.3. The zero-order chi connectivity index (χ0) is 24.8. The third-order valence-corrected chi connectivity index (χ3v) is 5.10. The zero-order valence-corrected chi connectivity index (χ0v) is 18.5. The van der Waals surface area contributed by atoms with Crippen LogP contribution in [0.15, 0.2) is 67.6 Å². The SMILES string of the molecule is C=C(/C=C/Nc1ncc(F)c(N2CCOCC2)n1)c1ccc(Nc2cccc(C(F)(F)F)c2)cn1. The van der Waals surface area contributed by atoms with Gasteiger partial charge >= 0.3 is 6.18 Å². The second-order valence-electron chi connectivity index (χ2n) is 7.60. The number of anilines is 4. The van der Waals surface area contributed by atoms with Crippen LogP contribution in [0.5, 0.6) is 0 Å². The monoisotopic (exact) mass is 486 g/mol. The van der Waals surface area contributed by atoms with Crippen LogP contribution in [0.2, 0.25) is 0 Å². The summed E-state index contributed by atoms with van der Waals surface area (Å²) in [7, 11) is 0. The summed E-state index contributed by atoms with van der Waals surface area (Å²) < 4.78 is 58.1. The van der Waals surface area contributed by atoms with E-state index < -0.39 is 17.6 Å². The fourth-order valence-corrected chi connectivity index (χ4v) is 3.32. The number of alkyl halides is 3. The summed E-state index contributed by atoms with van der Waals surface area (Å²) in [5, 5.41) is 5.80. The number of aromatic nitrogens is 3. The van der Waals surface area contributed by atoms with Crippen molar-refractivity contribution in [2.75, 3.05) is 41.8 Å². The molecule has 0 bridgehead atoms. The molecule has 2 aromatic heterocycles. The zero-order valence-electron chi connectivity index (χ0n) is 18.5. The molecule has 11 heteroatoms. The predicted molar refractivity (Wildman–Crippen MR) is 126 cm³/mol. The second kappa shape index (κ2) is 10.5. The standard InChI is InChI=1S/C24H22F4N6O/c1-16(7-8-29-23-31-15-20(25)22(33-23)34-9-11-35-12-10-34)21-6-5-19(14-30-21)32-18-4-2-3-17(13-18)24(26,27)28/h2-8,13-15,32H,1,9-12H2,(H,29,31,33)/b8-7+. The number of hydrogen-bond donors (Lipinski definition) is 2. The topological polar surface area (TPSA) is 75.2 Å². The molecule has 1 saturated heterocycles. The number of benzene rings is 1. The minimum absolute atomic E-state index is 0.212. The molecule has 182 valence electrons. The first-order valence-electron chi connectivity index (χ1n) is 10.7. The predicted octanol–water partition coefficient (Wildman–Crippen LogP) is 5.25. The smallest absolute Gasteiger partial charge is 0.378 e. The maximum Gasteiger partial charge on any atom is 0.416 e. The Bertz CT molecular complexity index is 1210. The average molecular weight is 486 g/mol. The quantitative estimate of drug-likeness (QED) is 0.349. The number of morpholine rings is 1. The van der Waals surface area contributed by atoms with Crippen molar-refractivity contribution in [3.63, 3.8) is 0 Å². The van der Waals surface area contributed by atoms with Gasteiger partial charge in [-0.2, -0.15) is 18.2 Å². The van der Waals surface area contributed by atoms with Gasteiger partial charge in [-0.25, -0.2) is 9.37 Å². The van der Waals surface area contributed by atoms with E-state index in [9.17, 15) is 17.6 Å². The molecular weight excluding hydrogens is 464 g/mol. The van der Waals surface area contributed by atoms with Gasteiger partial charge in [-0.05, 0) is 42.0 Å². The van der Waals surface area contributed by atoms with E-state index in [1.54, 1.807) is 35.4 Å². The molecule has 1 aromatic carbocycles. The molecular formula is C24H22F4N6O. The highest BCUT2D eigenvalue weighted by Crippen LogP contribution is 2.31. The van der Waals surface area contributed by atoms with E-state index in [4.69, 9.17) is 4.74 Å². The molecule has 0 aliphatic carbocycles. The number of ether oxygens (including phenoxy) is 1. The Morgan fingerprint density at radius 2 is 1.86 bits per heavy atom. The molecule has 0 unspecified atom stereocenters. The van der Waals surface area contributed by atoms with Gasteiger partial charge in [0.1, 0.15) is 0 Å². The Balaban J connectivity index is 1.36. The number of hydrogen-bond acceptors (Lipinski definition) is 7. The third-order valence-electron chi connectivity index (χ3n) is 5.10.